The van der Waals surface area contributed by atoms with Crippen molar-refractivity contribution in [3.63, 3.8) is 0 Å². The Kier molecular flexibility index (Phi) is 9.17. The second kappa shape index (κ2) is 11.0. The van der Waals surface area contributed by atoms with Crippen molar-refractivity contribution in [2.45, 2.75) is 64.7 Å². The summed E-state index contributed by atoms with van der Waals surface area (Å²) in [5, 5.41) is 0. The van der Waals surface area contributed by atoms with Crippen molar-refractivity contribution in [1.82, 2.24) is 0 Å². The lowest BCUT2D eigenvalue weighted by Gasteiger charge is -1.99. The summed E-state index contributed by atoms with van der Waals surface area (Å²) in [7, 11) is 0. The van der Waals surface area contributed by atoms with E-state index in [1.807, 2.05) is 0 Å². The lowest BCUT2D eigenvalue weighted by Crippen LogP contribution is -1.97. The number of rotatable bonds is 10. The molecular weight excluding hydrogens is 146 g/mol. The average Bonchev–Trinajstić information content (AvgIpc) is 2.16. The molecule has 0 fully saturated rings. The molecule has 1 nitrogen and oxygen atoms in total. The molecule has 2 N–H and O–H groups in total. The Balaban J connectivity index is 2.76. The van der Waals surface area contributed by atoms with Crippen LogP contribution in [0.15, 0.2) is 0 Å². The van der Waals surface area contributed by atoms with Crippen molar-refractivity contribution < 1.29 is 1.41 Å². The molecule has 74 valence electrons. The number of unbranched alkanes of at least 4 members (excludes halogenated alkanes) is 8. The van der Waals surface area contributed by atoms with Crippen molar-refractivity contribution in [3.05, 3.63) is 0 Å². The summed E-state index contributed by atoms with van der Waals surface area (Å²) >= 11 is 0. The Bertz CT molecular complexity index is 76.2. The largest absolute Gasteiger partial charge is 0.330 e. The first-order valence-corrected chi connectivity index (χ1v) is 5.56. The van der Waals surface area contributed by atoms with Gasteiger partial charge in [-0.2, -0.15) is 0 Å². The summed E-state index contributed by atoms with van der Waals surface area (Å²) in [5.41, 5.74) is 2.44. The quantitative estimate of drug-likeness (QED) is 0.502. The number of hydrogen-bond acceptors (Lipinski definition) is 1. The first-order valence-electron chi connectivity index (χ1n) is 6.06. The molecule has 0 rings (SSSR count). The molecule has 0 bridgehead atoms. The monoisotopic (exact) mass is 172 g/mol. The van der Waals surface area contributed by atoms with Crippen LogP contribution < -0.4 is 5.73 Å². The summed E-state index contributed by atoms with van der Waals surface area (Å²) in [6, 6.07) is 0. The smallest absolute Gasteiger partial charge is 0.118 e. The van der Waals surface area contributed by atoms with Crippen LogP contribution in [0.5, 0.6) is 0 Å². The van der Waals surface area contributed by atoms with Gasteiger partial charge in [-0.3, -0.25) is 0 Å². The van der Waals surface area contributed by atoms with Crippen LogP contribution >= 0.6 is 0 Å². The highest BCUT2D eigenvalue weighted by Crippen LogP contribution is 2.08. The van der Waals surface area contributed by atoms with Crippen LogP contribution in [0.4, 0.5) is 0 Å². The molecule has 0 unspecified atom stereocenters. The highest BCUT2D eigenvalue weighted by Gasteiger charge is 1.90. The summed E-state index contributed by atoms with van der Waals surface area (Å²) in [6.45, 7) is 3.11. The zero-order valence-corrected chi connectivity index (χ0v) is 8.57. The van der Waals surface area contributed by atoms with Crippen LogP contribution in [0.1, 0.15) is 64.7 Å². The zero-order valence-electron chi connectivity index (χ0n) is 9.57. The van der Waals surface area contributed by atoms with Gasteiger partial charge in [-0.05, 0) is 13.0 Å². The van der Waals surface area contributed by atoms with Crippen LogP contribution in [-0.2, 0) is 0 Å². The molecule has 12 heavy (non-hydrogen) atoms. The van der Waals surface area contributed by atoms with Gasteiger partial charge in [0.1, 0.15) is 1.41 Å². The maximum atomic E-state index is 6.75. The van der Waals surface area contributed by atoms with Crippen LogP contribution in [0, 0.1) is 0 Å². The number of nitrogens with two attached hydrogens (primary N) is 1. The Morgan fingerprint density at radius 1 is 0.833 bits per heavy atom. The van der Waals surface area contributed by atoms with E-state index in [4.69, 9.17) is 1.41 Å². The molecule has 0 aliphatic heterocycles. The Morgan fingerprint density at radius 3 is 1.83 bits per heavy atom. The first kappa shape index (κ1) is 10.0. The summed E-state index contributed by atoms with van der Waals surface area (Å²) in [6.07, 6.45) is 12.2. The fourth-order valence-corrected chi connectivity index (χ4v) is 1.44. The minimum Gasteiger partial charge on any atom is -0.330 e. The van der Waals surface area contributed by atoms with E-state index in [1.165, 1.54) is 57.8 Å². The molecule has 0 aromatic heterocycles. The van der Waals surface area contributed by atoms with Crippen LogP contribution in [0.3, 0.4) is 0 Å². The zero-order chi connectivity index (χ0) is 9.78. The molecule has 1 heteroatoms. The predicted octanol–water partition coefficient (Wildman–Crippen LogP) is 3.48. The molecule has 0 amide bonds. The molecule has 0 aliphatic carbocycles. The summed E-state index contributed by atoms with van der Waals surface area (Å²) < 4.78 is 6.75. The van der Waals surface area contributed by atoms with E-state index in [0.29, 0.717) is 0 Å². The maximum Gasteiger partial charge on any atom is 0.118 e. The van der Waals surface area contributed by atoms with Gasteiger partial charge in [0.2, 0.25) is 0 Å². The van der Waals surface area contributed by atoms with E-state index >= 15 is 0 Å². The lowest BCUT2D eigenvalue weighted by atomic mass is 10.1. The summed E-state index contributed by atoms with van der Waals surface area (Å²) in [5.74, 6) is 0. The lowest BCUT2D eigenvalue weighted by molar-refractivity contribution is 0.567. The van der Waals surface area contributed by atoms with E-state index in [0.717, 1.165) is 6.54 Å². The van der Waals surface area contributed by atoms with Crippen molar-refractivity contribution >= 4 is 0 Å². The van der Waals surface area contributed by atoms with Gasteiger partial charge in [-0.25, -0.2) is 0 Å². The van der Waals surface area contributed by atoms with Crippen LogP contribution in [-0.4, -0.2) is 6.54 Å². The topological polar surface area (TPSA) is 26.0 Å². The van der Waals surface area contributed by atoms with Gasteiger partial charge in [0.05, 0.1) is 0 Å². The van der Waals surface area contributed by atoms with Crippen molar-refractivity contribution in [1.29, 1.82) is 0 Å². The molecule has 0 aromatic carbocycles. The van der Waals surface area contributed by atoms with Gasteiger partial charge in [0.15, 0.2) is 0 Å². The third-order valence-corrected chi connectivity index (χ3v) is 2.28. The second-order valence-corrected chi connectivity index (χ2v) is 3.58. The molecule has 0 atom stereocenters. The molecule has 0 aromatic rings. The van der Waals surface area contributed by atoms with Gasteiger partial charge < -0.3 is 5.73 Å². The molecule has 0 aliphatic rings. The second-order valence-electron chi connectivity index (χ2n) is 3.58. The SMILES string of the molecule is [2H]NCCCCCCCCCCC. The van der Waals surface area contributed by atoms with Crippen molar-refractivity contribution in [2.75, 3.05) is 6.54 Å². The van der Waals surface area contributed by atoms with Gasteiger partial charge in [-0.15, -0.1) is 0 Å². The average molecular weight is 172 g/mol. The maximum absolute atomic E-state index is 6.75. The van der Waals surface area contributed by atoms with E-state index < -0.39 is 0 Å². The molecule has 0 heterocycles. The van der Waals surface area contributed by atoms with Crippen molar-refractivity contribution in [2.24, 2.45) is 5.73 Å². The Hall–Kier alpha value is -0.0400. The van der Waals surface area contributed by atoms with Gasteiger partial charge >= 0.3 is 0 Å². The molecule has 0 saturated carbocycles. The third kappa shape index (κ3) is 9.96. The van der Waals surface area contributed by atoms with E-state index in [1.54, 1.807) is 0 Å². The van der Waals surface area contributed by atoms with Crippen LogP contribution in [0.25, 0.3) is 0 Å². The van der Waals surface area contributed by atoms with Crippen LogP contribution in [0.2, 0.25) is 1.41 Å². The minimum absolute atomic E-state index is 0.857. The van der Waals surface area contributed by atoms with Crippen molar-refractivity contribution in [3.8, 4) is 0 Å². The normalized spacial score (nSPS) is 11.6. The first-order chi connectivity index (χ1) is 6.41. The van der Waals surface area contributed by atoms with E-state index in [-0.39, 0.29) is 0 Å². The van der Waals surface area contributed by atoms with E-state index in [9.17, 15) is 0 Å². The standard InChI is InChI=1S/C11H25N/c1-2-3-4-5-6-7-8-9-10-11-12/h2-12H2,1H3/i/hD. The highest BCUT2D eigenvalue weighted by atomic mass is 14.5. The predicted molar refractivity (Wildman–Crippen MR) is 56.3 cm³/mol. The fraction of sp³-hybridized carbons (Fsp3) is 1.00. The Labute approximate surface area is 79.2 Å². The molecule has 0 saturated heterocycles. The van der Waals surface area contributed by atoms with E-state index in [2.05, 4.69) is 12.7 Å². The van der Waals surface area contributed by atoms with Gasteiger partial charge in [0, 0.05) is 0 Å². The molecule has 0 radical (unpaired) electrons. The Morgan fingerprint density at radius 2 is 1.33 bits per heavy atom. The highest BCUT2D eigenvalue weighted by molar-refractivity contribution is 4.46. The summed E-state index contributed by atoms with van der Waals surface area (Å²) in [4.78, 5) is 0. The molecule has 0 spiro atoms. The molecular formula is C11H25N. The minimum atomic E-state index is 0.857. The third-order valence-electron chi connectivity index (χ3n) is 2.28. The van der Waals surface area contributed by atoms with Gasteiger partial charge in [-0.1, -0.05) is 58.3 Å². The van der Waals surface area contributed by atoms with Gasteiger partial charge in [0.25, 0.3) is 0 Å². The number of hydrogen-bond donors (Lipinski definition) is 1. The fourth-order valence-electron chi connectivity index (χ4n) is 1.44.